The third-order valence-corrected chi connectivity index (χ3v) is 3.72. The van der Waals surface area contributed by atoms with Crippen molar-refractivity contribution in [2.75, 3.05) is 24.5 Å². The number of anilines is 1. The number of alkyl halides is 3. The van der Waals surface area contributed by atoms with Crippen molar-refractivity contribution < 1.29 is 13.2 Å². The molecule has 6 heteroatoms. The van der Waals surface area contributed by atoms with E-state index in [1.54, 1.807) is 0 Å². The van der Waals surface area contributed by atoms with Gasteiger partial charge in [0.1, 0.15) is 0 Å². The zero-order valence-electron chi connectivity index (χ0n) is 9.89. The van der Waals surface area contributed by atoms with Gasteiger partial charge in [0.25, 0.3) is 0 Å². The molecule has 1 heterocycles. The summed E-state index contributed by atoms with van der Waals surface area (Å²) in [5.74, 6) is 0. The molecule has 2 rings (SSSR count). The fourth-order valence-corrected chi connectivity index (χ4v) is 2.72. The molecule has 0 radical (unpaired) electrons. The third-order valence-electron chi connectivity index (χ3n) is 3.09. The van der Waals surface area contributed by atoms with Gasteiger partial charge in [0.2, 0.25) is 0 Å². The molecule has 0 saturated carbocycles. The Morgan fingerprint density at radius 2 is 2.11 bits per heavy atom. The van der Waals surface area contributed by atoms with E-state index in [1.807, 2.05) is 0 Å². The average Bonchev–Trinajstić information content (AvgIpc) is 2.29. The molecule has 0 aromatic heterocycles. The first kappa shape index (κ1) is 13.7. The van der Waals surface area contributed by atoms with Crippen LogP contribution in [0.4, 0.5) is 18.9 Å². The van der Waals surface area contributed by atoms with Gasteiger partial charge < -0.3 is 10.2 Å². The lowest BCUT2D eigenvalue weighted by molar-refractivity contribution is -0.137. The van der Waals surface area contributed by atoms with E-state index in [-0.39, 0.29) is 6.04 Å². The molecule has 1 aliphatic rings. The summed E-state index contributed by atoms with van der Waals surface area (Å²) in [7, 11) is 0. The van der Waals surface area contributed by atoms with Crippen LogP contribution in [0.15, 0.2) is 22.7 Å². The van der Waals surface area contributed by atoms with Crippen LogP contribution in [0.25, 0.3) is 0 Å². The highest BCUT2D eigenvalue weighted by Gasteiger charge is 2.31. The molecule has 1 aromatic carbocycles. The van der Waals surface area contributed by atoms with E-state index in [9.17, 15) is 13.2 Å². The van der Waals surface area contributed by atoms with Crippen molar-refractivity contribution in [1.82, 2.24) is 5.32 Å². The fourth-order valence-electron chi connectivity index (χ4n) is 2.12. The molecule has 1 N–H and O–H groups in total. The first-order valence-electron chi connectivity index (χ1n) is 5.73. The Balaban J connectivity index is 2.29. The van der Waals surface area contributed by atoms with Crippen molar-refractivity contribution >= 4 is 21.6 Å². The normalized spacial score (nSPS) is 21.2. The number of piperazine rings is 1. The van der Waals surface area contributed by atoms with E-state index in [2.05, 4.69) is 33.1 Å². The Labute approximate surface area is 112 Å². The maximum Gasteiger partial charge on any atom is 0.416 e. The van der Waals surface area contributed by atoms with E-state index >= 15 is 0 Å². The summed E-state index contributed by atoms with van der Waals surface area (Å²) in [6.07, 6.45) is -4.30. The summed E-state index contributed by atoms with van der Waals surface area (Å²) in [5, 5.41) is 3.25. The summed E-state index contributed by atoms with van der Waals surface area (Å²) in [4.78, 5) is 2.11. The third kappa shape index (κ3) is 2.80. The molecule has 1 fully saturated rings. The van der Waals surface area contributed by atoms with Crippen LogP contribution in [0, 0.1) is 0 Å². The Morgan fingerprint density at radius 3 is 2.67 bits per heavy atom. The first-order chi connectivity index (χ1) is 8.39. The Hall–Kier alpha value is -0.750. The maximum atomic E-state index is 12.6. The van der Waals surface area contributed by atoms with Crippen LogP contribution in [-0.4, -0.2) is 25.7 Å². The SMILES string of the molecule is CC1CNCCN1c1ccc(C(F)(F)F)cc1Br. The molecule has 1 unspecified atom stereocenters. The molecule has 0 spiro atoms. The van der Waals surface area contributed by atoms with Gasteiger partial charge in [-0.05, 0) is 41.1 Å². The lowest BCUT2D eigenvalue weighted by atomic mass is 10.1. The van der Waals surface area contributed by atoms with Gasteiger partial charge in [-0.2, -0.15) is 13.2 Å². The molecule has 1 saturated heterocycles. The van der Waals surface area contributed by atoms with Crippen molar-refractivity contribution in [3.63, 3.8) is 0 Å². The maximum absolute atomic E-state index is 12.6. The highest BCUT2D eigenvalue weighted by atomic mass is 79.9. The second-order valence-electron chi connectivity index (χ2n) is 4.41. The zero-order valence-corrected chi connectivity index (χ0v) is 11.5. The van der Waals surface area contributed by atoms with Crippen molar-refractivity contribution in [2.24, 2.45) is 0 Å². The molecular weight excluding hydrogens is 309 g/mol. The van der Waals surface area contributed by atoms with Gasteiger partial charge in [-0.3, -0.25) is 0 Å². The van der Waals surface area contributed by atoms with Crippen LogP contribution in [0.2, 0.25) is 0 Å². The number of benzene rings is 1. The summed E-state index contributed by atoms with van der Waals surface area (Å²) in [6.45, 7) is 4.53. The summed E-state index contributed by atoms with van der Waals surface area (Å²) >= 11 is 3.24. The topological polar surface area (TPSA) is 15.3 Å². The quantitative estimate of drug-likeness (QED) is 0.853. The molecular formula is C12H14BrF3N2. The number of rotatable bonds is 1. The Morgan fingerprint density at radius 1 is 1.39 bits per heavy atom. The summed E-state index contributed by atoms with van der Waals surface area (Å²) < 4.78 is 38.2. The second kappa shape index (κ2) is 5.09. The first-order valence-corrected chi connectivity index (χ1v) is 6.53. The number of nitrogens with one attached hydrogen (secondary N) is 1. The van der Waals surface area contributed by atoms with E-state index in [4.69, 9.17) is 0 Å². The molecule has 1 aromatic rings. The van der Waals surface area contributed by atoms with Crippen LogP contribution >= 0.6 is 15.9 Å². The summed E-state index contributed by atoms with van der Waals surface area (Å²) in [6, 6.07) is 4.08. The van der Waals surface area contributed by atoms with Crippen molar-refractivity contribution in [2.45, 2.75) is 19.1 Å². The minimum atomic E-state index is -4.30. The predicted molar refractivity (Wildman–Crippen MR) is 68.8 cm³/mol. The van der Waals surface area contributed by atoms with Gasteiger partial charge in [0.15, 0.2) is 0 Å². The van der Waals surface area contributed by atoms with Gasteiger partial charge in [0.05, 0.1) is 11.3 Å². The highest BCUT2D eigenvalue weighted by Crippen LogP contribution is 2.35. The van der Waals surface area contributed by atoms with Gasteiger partial charge in [-0.15, -0.1) is 0 Å². The Bertz CT molecular complexity index is 434. The van der Waals surface area contributed by atoms with Crippen molar-refractivity contribution in [1.29, 1.82) is 0 Å². The van der Waals surface area contributed by atoms with E-state index in [0.717, 1.165) is 37.5 Å². The minimum absolute atomic E-state index is 0.270. The van der Waals surface area contributed by atoms with Gasteiger partial charge in [-0.25, -0.2) is 0 Å². The number of hydrogen-bond acceptors (Lipinski definition) is 2. The predicted octanol–water partition coefficient (Wildman–Crippen LogP) is 3.27. The monoisotopic (exact) mass is 322 g/mol. The number of halogens is 4. The van der Waals surface area contributed by atoms with Crippen molar-refractivity contribution in [3.05, 3.63) is 28.2 Å². The molecule has 0 amide bonds. The lowest BCUT2D eigenvalue weighted by Gasteiger charge is -2.36. The van der Waals surface area contributed by atoms with Crippen LogP contribution in [0.1, 0.15) is 12.5 Å². The lowest BCUT2D eigenvalue weighted by Crippen LogP contribution is -2.50. The molecule has 100 valence electrons. The standard InChI is InChI=1S/C12H14BrF3N2/c1-8-7-17-4-5-18(8)11-3-2-9(6-10(11)13)12(14,15)16/h2-3,6,8,17H,4-5,7H2,1H3. The Kier molecular flexibility index (Phi) is 3.87. The average molecular weight is 323 g/mol. The largest absolute Gasteiger partial charge is 0.416 e. The van der Waals surface area contributed by atoms with Crippen molar-refractivity contribution in [3.8, 4) is 0 Å². The molecule has 18 heavy (non-hydrogen) atoms. The van der Waals surface area contributed by atoms with Gasteiger partial charge >= 0.3 is 6.18 Å². The van der Waals surface area contributed by atoms with Crippen LogP contribution in [-0.2, 0) is 6.18 Å². The molecule has 0 aliphatic carbocycles. The van der Waals surface area contributed by atoms with Crippen LogP contribution in [0.5, 0.6) is 0 Å². The minimum Gasteiger partial charge on any atom is -0.365 e. The fraction of sp³-hybridized carbons (Fsp3) is 0.500. The van der Waals surface area contributed by atoms with E-state index in [1.165, 1.54) is 6.07 Å². The number of hydrogen-bond donors (Lipinski definition) is 1. The van der Waals surface area contributed by atoms with E-state index < -0.39 is 11.7 Å². The highest BCUT2D eigenvalue weighted by molar-refractivity contribution is 9.10. The molecule has 2 nitrogen and oxygen atoms in total. The van der Waals surface area contributed by atoms with Crippen LogP contribution < -0.4 is 10.2 Å². The second-order valence-corrected chi connectivity index (χ2v) is 5.26. The van der Waals surface area contributed by atoms with Crippen LogP contribution in [0.3, 0.4) is 0 Å². The molecule has 1 aliphatic heterocycles. The molecule has 1 atom stereocenters. The smallest absolute Gasteiger partial charge is 0.365 e. The number of nitrogens with zero attached hydrogens (tertiary/aromatic N) is 1. The molecule has 0 bridgehead atoms. The van der Waals surface area contributed by atoms with Gasteiger partial charge in [0, 0.05) is 30.1 Å². The van der Waals surface area contributed by atoms with E-state index in [0.29, 0.717) is 4.47 Å². The summed E-state index contributed by atoms with van der Waals surface area (Å²) in [5.41, 5.74) is 0.193. The van der Waals surface area contributed by atoms with Gasteiger partial charge in [-0.1, -0.05) is 0 Å². The zero-order chi connectivity index (χ0) is 13.3.